The van der Waals surface area contributed by atoms with Gasteiger partial charge in [-0.2, -0.15) is 13.5 Å². The molecule has 2 rings (SSSR count). The first-order chi connectivity index (χ1) is 22.3. The fourth-order valence-electron chi connectivity index (χ4n) is 3.97. The van der Waals surface area contributed by atoms with Crippen LogP contribution in [0.2, 0.25) is 0 Å². The zero-order chi connectivity index (χ0) is 36.3. The second kappa shape index (κ2) is 16.8. The first-order valence-corrected chi connectivity index (χ1v) is 15.1. The lowest BCUT2D eigenvalue weighted by atomic mass is 10.0. The lowest BCUT2D eigenvalue weighted by Crippen LogP contribution is -2.53. The van der Waals surface area contributed by atoms with E-state index < -0.39 is 93.6 Å². The number of amides is 4. The van der Waals surface area contributed by atoms with Gasteiger partial charge in [-0.3, -0.25) is 38.9 Å². The summed E-state index contributed by atoms with van der Waals surface area (Å²) < 4.78 is 52.7. The van der Waals surface area contributed by atoms with Gasteiger partial charge in [0, 0.05) is 41.5 Å². The predicted octanol–water partition coefficient (Wildman–Crippen LogP) is -0.320. The number of imide groups is 1. The molecule has 4 amide bonds. The van der Waals surface area contributed by atoms with E-state index in [0.717, 1.165) is 53.7 Å². The number of rotatable bonds is 14. The van der Waals surface area contributed by atoms with E-state index in [2.05, 4.69) is 10.4 Å². The van der Waals surface area contributed by atoms with Gasteiger partial charge in [0.25, 0.3) is 21.8 Å². The largest absolute Gasteiger partial charge is 0.462 e. The number of carbonyl (C=O) groups excluding carboxylic acids is 8. The molecule has 0 aliphatic carbocycles. The molecule has 20 heteroatoms. The molecule has 1 saturated heterocycles. The van der Waals surface area contributed by atoms with Crippen molar-refractivity contribution in [3.63, 3.8) is 0 Å². The van der Waals surface area contributed by atoms with E-state index in [0.29, 0.717) is 11.8 Å². The SMILES string of the molecule is CC(=O)OCC(OC(C)=O)C(OC(C)=O)C(OC(C)=O)C(C=NN(C(C)=O)S(=O)(=O)c1ccc(/C=C2\NC(=O)NC2=O)cc1)OC(C)=O. The van der Waals surface area contributed by atoms with Gasteiger partial charge in [-0.25, -0.2) is 4.79 Å². The van der Waals surface area contributed by atoms with Crippen molar-refractivity contribution in [1.29, 1.82) is 0 Å². The smallest absolute Gasteiger partial charge is 0.326 e. The van der Waals surface area contributed by atoms with Crippen LogP contribution in [0.3, 0.4) is 0 Å². The number of carbonyl (C=O) groups is 8. The van der Waals surface area contributed by atoms with Crippen molar-refractivity contribution in [2.75, 3.05) is 6.61 Å². The highest BCUT2D eigenvalue weighted by Gasteiger charge is 2.44. The van der Waals surface area contributed by atoms with Crippen molar-refractivity contribution in [3.8, 4) is 0 Å². The van der Waals surface area contributed by atoms with E-state index in [9.17, 15) is 46.8 Å². The molecule has 0 spiro atoms. The molecule has 0 radical (unpaired) electrons. The summed E-state index contributed by atoms with van der Waals surface area (Å²) in [7, 11) is -4.77. The van der Waals surface area contributed by atoms with Crippen LogP contribution in [0.1, 0.15) is 47.1 Å². The number of sulfonamides is 1. The summed E-state index contributed by atoms with van der Waals surface area (Å²) in [6.07, 6.45) is -5.47. The number of hydrogen-bond acceptors (Lipinski definition) is 16. The number of esters is 5. The Morgan fingerprint density at radius 2 is 1.31 bits per heavy atom. The highest BCUT2D eigenvalue weighted by molar-refractivity contribution is 7.89. The molecule has 48 heavy (non-hydrogen) atoms. The molecule has 4 unspecified atom stereocenters. The third-order valence-electron chi connectivity index (χ3n) is 5.71. The Kier molecular flexibility index (Phi) is 13.5. The van der Waals surface area contributed by atoms with Gasteiger partial charge in [-0.05, 0) is 23.8 Å². The summed E-state index contributed by atoms with van der Waals surface area (Å²) in [4.78, 5) is 94.9. The van der Waals surface area contributed by atoms with E-state index in [1.807, 2.05) is 5.32 Å². The molecule has 4 atom stereocenters. The van der Waals surface area contributed by atoms with Crippen molar-refractivity contribution in [2.24, 2.45) is 5.10 Å². The van der Waals surface area contributed by atoms with Crippen molar-refractivity contribution in [3.05, 3.63) is 35.5 Å². The Bertz CT molecular complexity index is 1640. The van der Waals surface area contributed by atoms with Crippen LogP contribution in [0, 0.1) is 0 Å². The van der Waals surface area contributed by atoms with Gasteiger partial charge in [-0.15, -0.1) is 4.41 Å². The number of ether oxygens (including phenoxy) is 5. The molecule has 1 aromatic carbocycles. The minimum absolute atomic E-state index is 0.0235. The maximum absolute atomic E-state index is 13.5. The molecule has 0 saturated carbocycles. The monoisotopic (exact) mass is 696 g/mol. The zero-order valence-corrected chi connectivity index (χ0v) is 27.2. The molecular formula is C28H32N4O15S. The lowest BCUT2D eigenvalue weighted by molar-refractivity contribution is -0.197. The maximum Gasteiger partial charge on any atom is 0.326 e. The molecule has 0 aromatic heterocycles. The average molecular weight is 697 g/mol. The van der Waals surface area contributed by atoms with Crippen LogP contribution in [0.15, 0.2) is 40.0 Å². The molecule has 2 N–H and O–H groups in total. The predicted molar refractivity (Wildman–Crippen MR) is 158 cm³/mol. The zero-order valence-electron chi connectivity index (χ0n) is 26.4. The number of hydrazone groups is 1. The van der Waals surface area contributed by atoms with E-state index in [1.165, 1.54) is 18.2 Å². The molecule has 260 valence electrons. The quantitative estimate of drug-likeness (QED) is 0.0631. The third-order valence-corrected chi connectivity index (χ3v) is 7.39. The fraction of sp³-hybridized carbons (Fsp3) is 0.393. The van der Waals surface area contributed by atoms with Crippen molar-refractivity contribution in [2.45, 2.75) is 70.9 Å². The van der Waals surface area contributed by atoms with Crippen LogP contribution < -0.4 is 10.6 Å². The van der Waals surface area contributed by atoms with Crippen LogP contribution in [-0.2, 0) is 67.3 Å². The van der Waals surface area contributed by atoms with Crippen LogP contribution in [0.4, 0.5) is 4.79 Å². The Labute approximate surface area is 273 Å². The summed E-state index contributed by atoms with van der Waals surface area (Å²) in [6, 6.07) is 3.93. The molecule has 1 aromatic rings. The minimum atomic E-state index is -4.77. The van der Waals surface area contributed by atoms with E-state index in [4.69, 9.17) is 23.7 Å². The standard InChI is InChI=1S/C28H32N4O15S/c1-14(33)32(48(41,42)21-9-7-20(8-10-21)11-22-27(39)31-28(40)30-22)29-12-23(44-16(3)35)25(46-18(5)37)26(47-19(6)38)24(45-17(4)36)13-43-15(2)34/h7-12,23-26H,13H2,1-6H3,(H2,30,31,39,40)/b22-11-,29-12?. The summed E-state index contributed by atoms with van der Waals surface area (Å²) >= 11 is 0. The normalized spacial score (nSPS) is 16.1. The van der Waals surface area contributed by atoms with Crippen molar-refractivity contribution in [1.82, 2.24) is 15.0 Å². The second-order valence-electron chi connectivity index (χ2n) is 9.74. The molecular weight excluding hydrogens is 664 g/mol. The summed E-state index contributed by atoms with van der Waals surface area (Å²) in [6.45, 7) is 4.90. The number of urea groups is 1. The maximum atomic E-state index is 13.5. The van der Waals surface area contributed by atoms with Gasteiger partial charge in [0.1, 0.15) is 12.3 Å². The fourth-order valence-corrected chi connectivity index (χ4v) is 5.16. The topological polar surface area (TPSA) is 257 Å². The minimum Gasteiger partial charge on any atom is -0.462 e. The second-order valence-corrected chi connectivity index (χ2v) is 11.5. The highest BCUT2D eigenvalue weighted by atomic mass is 32.2. The molecule has 19 nitrogen and oxygen atoms in total. The van der Waals surface area contributed by atoms with Crippen LogP contribution in [0.25, 0.3) is 6.08 Å². The molecule has 1 fully saturated rings. The van der Waals surface area contributed by atoms with Gasteiger partial charge < -0.3 is 29.0 Å². The number of nitrogens with zero attached hydrogens (tertiary/aromatic N) is 2. The third kappa shape index (κ3) is 11.3. The summed E-state index contributed by atoms with van der Waals surface area (Å²) in [5.74, 6) is -6.74. The Morgan fingerprint density at radius 1 is 0.771 bits per heavy atom. The molecule has 1 aliphatic heterocycles. The first kappa shape index (κ1) is 38.5. The lowest BCUT2D eigenvalue weighted by Gasteiger charge is -2.34. The van der Waals surface area contributed by atoms with E-state index in [1.54, 1.807) is 0 Å². The van der Waals surface area contributed by atoms with Crippen LogP contribution in [0.5, 0.6) is 0 Å². The summed E-state index contributed by atoms with van der Waals surface area (Å²) in [5, 5.41) is 7.96. The van der Waals surface area contributed by atoms with Crippen LogP contribution >= 0.6 is 0 Å². The highest BCUT2D eigenvalue weighted by Crippen LogP contribution is 2.22. The van der Waals surface area contributed by atoms with Gasteiger partial charge in [0.2, 0.25) is 0 Å². The number of benzene rings is 1. The van der Waals surface area contributed by atoms with Gasteiger partial charge in [0.15, 0.2) is 24.4 Å². The van der Waals surface area contributed by atoms with Crippen molar-refractivity contribution >= 4 is 70.0 Å². The Balaban J connectivity index is 2.59. The molecule has 1 heterocycles. The Hall–Kier alpha value is -5.66. The van der Waals surface area contributed by atoms with Crippen molar-refractivity contribution < 1.29 is 70.5 Å². The first-order valence-electron chi connectivity index (χ1n) is 13.7. The average Bonchev–Trinajstić information content (AvgIpc) is 3.27. The van der Waals surface area contributed by atoms with Gasteiger partial charge >= 0.3 is 35.9 Å². The molecule has 1 aliphatic rings. The number of nitrogens with one attached hydrogen (secondary N) is 2. The van der Waals surface area contributed by atoms with Gasteiger partial charge in [-0.1, -0.05) is 12.1 Å². The Morgan fingerprint density at radius 3 is 1.77 bits per heavy atom. The summed E-state index contributed by atoms with van der Waals surface area (Å²) in [5.41, 5.74) is 0.200. The van der Waals surface area contributed by atoms with Crippen LogP contribution in [-0.4, -0.2) is 97.8 Å². The van der Waals surface area contributed by atoms with E-state index in [-0.39, 0.29) is 10.1 Å². The number of hydrogen-bond donors (Lipinski definition) is 2. The van der Waals surface area contributed by atoms with Gasteiger partial charge in [0.05, 0.1) is 11.1 Å². The molecule has 0 bridgehead atoms. The van der Waals surface area contributed by atoms with E-state index >= 15 is 0 Å².